The molecule has 2 rings (SSSR count). The Hall–Kier alpha value is -2.65. The number of anilines is 1. The Bertz CT molecular complexity index is 1060. The van der Waals surface area contributed by atoms with Crippen molar-refractivity contribution >= 4 is 39.1 Å². The van der Waals surface area contributed by atoms with Crippen LogP contribution < -0.4 is 9.62 Å². The highest BCUT2D eigenvalue weighted by Crippen LogP contribution is 2.22. The molecule has 1 atom stereocenters. The summed E-state index contributed by atoms with van der Waals surface area (Å²) in [5, 5.41) is 3.04. The molecule has 0 heterocycles. The number of hydrogen-bond donors (Lipinski definition) is 1. The summed E-state index contributed by atoms with van der Waals surface area (Å²) in [4.78, 5) is 26.6. The summed E-state index contributed by atoms with van der Waals surface area (Å²) in [5.41, 5.74) is 0.683. The lowest BCUT2D eigenvalue weighted by atomic mass is 10.1. The molecule has 0 saturated carbocycles. The maximum absolute atomic E-state index is 14.2. The van der Waals surface area contributed by atoms with E-state index < -0.39 is 21.9 Å². The van der Waals surface area contributed by atoms with Crippen LogP contribution in [-0.2, 0) is 26.2 Å². The molecule has 2 aromatic carbocycles. The van der Waals surface area contributed by atoms with E-state index >= 15 is 0 Å². The van der Waals surface area contributed by atoms with E-state index in [0.717, 1.165) is 16.1 Å². The first-order chi connectivity index (χ1) is 15.0. The number of hydrogen-bond acceptors (Lipinski definition) is 4. The maximum Gasteiger partial charge on any atom is 0.242 e. The van der Waals surface area contributed by atoms with Gasteiger partial charge in [0.2, 0.25) is 21.8 Å². The number of sulfonamides is 1. The molecule has 0 aliphatic heterocycles. The molecule has 2 aromatic rings. The Labute approximate surface area is 193 Å². The second-order valence-electron chi connectivity index (χ2n) is 7.33. The van der Waals surface area contributed by atoms with Crippen molar-refractivity contribution < 1.29 is 22.4 Å². The molecule has 0 aliphatic carbocycles. The third-order valence-corrected chi connectivity index (χ3v) is 6.34. The summed E-state index contributed by atoms with van der Waals surface area (Å²) in [6.07, 6.45) is 1.11. The third kappa shape index (κ3) is 6.93. The fourth-order valence-electron chi connectivity index (χ4n) is 3.26. The summed E-state index contributed by atoms with van der Waals surface area (Å²) in [5.74, 6) is -1.33. The van der Waals surface area contributed by atoms with Crippen LogP contribution in [-0.4, -0.2) is 51.0 Å². The van der Waals surface area contributed by atoms with Crippen molar-refractivity contribution in [3.8, 4) is 0 Å². The van der Waals surface area contributed by atoms with Crippen molar-refractivity contribution in [3.05, 3.63) is 64.9 Å². The number of carbonyl (C=O) groups is 2. The molecule has 0 spiro atoms. The van der Waals surface area contributed by atoms with Crippen LogP contribution in [0.3, 0.4) is 0 Å². The number of amides is 2. The fourth-order valence-corrected chi connectivity index (χ4v) is 4.44. The monoisotopic (exact) mass is 483 g/mol. The van der Waals surface area contributed by atoms with Crippen LogP contribution in [0.2, 0.25) is 5.02 Å². The second kappa shape index (κ2) is 11.3. The predicted octanol–water partition coefficient (Wildman–Crippen LogP) is 3.19. The molecule has 0 unspecified atom stereocenters. The number of nitrogens with zero attached hydrogens (tertiary/aromatic N) is 2. The predicted molar refractivity (Wildman–Crippen MR) is 123 cm³/mol. The number of benzene rings is 2. The quantitative estimate of drug-likeness (QED) is 0.562. The molecule has 32 heavy (non-hydrogen) atoms. The van der Waals surface area contributed by atoms with Crippen molar-refractivity contribution in [1.82, 2.24) is 10.2 Å². The Morgan fingerprint density at radius 1 is 1.16 bits per heavy atom. The first-order valence-electron chi connectivity index (χ1n) is 10.0. The minimum Gasteiger partial charge on any atom is -0.357 e. The van der Waals surface area contributed by atoms with Gasteiger partial charge in [-0.2, -0.15) is 0 Å². The van der Waals surface area contributed by atoms with E-state index in [9.17, 15) is 22.4 Å². The van der Waals surface area contributed by atoms with Gasteiger partial charge >= 0.3 is 0 Å². The lowest BCUT2D eigenvalue weighted by Crippen LogP contribution is -2.46. The molecule has 10 heteroatoms. The standard InChI is InChI=1S/C22H27ClFN3O4S/c1-16(22(29)25-2)26(15-17-8-6-9-18(23)14-17)21(28)12-7-13-27(32(3,30)31)20-11-5-4-10-19(20)24/h4-6,8-11,14,16H,7,12-13,15H2,1-3H3,(H,25,29)/t16-/m0/s1. The number of carbonyl (C=O) groups excluding carboxylic acids is 2. The van der Waals surface area contributed by atoms with E-state index in [2.05, 4.69) is 5.32 Å². The lowest BCUT2D eigenvalue weighted by molar-refractivity contribution is -0.140. The van der Waals surface area contributed by atoms with Crippen molar-refractivity contribution in [2.75, 3.05) is 24.2 Å². The van der Waals surface area contributed by atoms with Crippen LogP contribution in [0.15, 0.2) is 48.5 Å². The normalized spacial score (nSPS) is 12.2. The van der Waals surface area contributed by atoms with Crippen LogP contribution in [0.1, 0.15) is 25.3 Å². The van der Waals surface area contributed by atoms with Gasteiger partial charge in [0.15, 0.2) is 0 Å². The van der Waals surface area contributed by atoms with E-state index in [4.69, 9.17) is 11.6 Å². The van der Waals surface area contributed by atoms with E-state index in [-0.39, 0.29) is 43.4 Å². The van der Waals surface area contributed by atoms with Crippen molar-refractivity contribution in [2.24, 2.45) is 0 Å². The molecule has 174 valence electrons. The molecule has 0 radical (unpaired) electrons. The Balaban J connectivity index is 2.15. The van der Waals surface area contributed by atoms with Gasteiger partial charge in [0.25, 0.3) is 0 Å². The van der Waals surface area contributed by atoms with E-state index in [0.29, 0.717) is 5.02 Å². The topological polar surface area (TPSA) is 86.8 Å². The Morgan fingerprint density at radius 2 is 1.84 bits per heavy atom. The SMILES string of the molecule is CNC(=O)[C@H](C)N(Cc1cccc(Cl)c1)C(=O)CCCN(c1ccccc1F)S(C)(=O)=O. The summed E-state index contributed by atoms with van der Waals surface area (Å²) < 4.78 is 39.5. The highest BCUT2D eigenvalue weighted by atomic mass is 35.5. The fraction of sp³-hybridized carbons (Fsp3) is 0.364. The van der Waals surface area contributed by atoms with Crippen LogP contribution in [0, 0.1) is 5.82 Å². The van der Waals surface area contributed by atoms with Crippen LogP contribution >= 0.6 is 11.6 Å². The number of rotatable bonds is 10. The molecule has 1 N–H and O–H groups in total. The zero-order chi connectivity index (χ0) is 23.9. The Kier molecular flexibility index (Phi) is 9.03. The van der Waals surface area contributed by atoms with Crippen molar-refractivity contribution in [2.45, 2.75) is 32.4 Å². The van der Waals surface area contributed by atoms with Gasteiger partial charge in [-0.15, -0.1) is 0 Å². The molecular weight excluding hydrogens is 457 g/mol. The number of nitrogens with one attached hydrogen (secondary N) is 1. The number of halogens is 2. The summed E-state index contributed by atoms with van der Waals surface area (Å²) in [7, 11) is -2.27. The van der Waals surface area contributed by atoms with Gasteiger partial charge in [0, 0.05) is 31.6 Å². The largest absolute Gasteiger partial charge is 0.357 e. The van der Waals surface area contributed by atoms with Gasteiger partial charge in [0.1, 0.15) is 11.9 Å². The third-order valence-electron chi connectivity index (χ3n) is 4.93. The van der Waals surface area contributed by atoms with Crippen LogP contribution in [0.5, 0.6) is 0 Å². The molecule has 2 amide bonds. The molecule has 7 nitrogen and oxygen atoms in total. The smallest absolute Gasteiger partial charge is 0.242 e. The minimum absolute atomic E-state index is 0.0254. The summed E-state index contributed by atoms with van der Waals surface area (Å²) >= 11 is 6.03. The number of para-hydroxylation sites is 1. The van der Waals surface area contributed by atoms with Crippen molar-refractivity contribution in [1.29, 1.82) is 0 Å². The van der Waals surface area contributed by atoms with Gasteiger partial charge < -0.3 is 10.2 Å². The highest BCUT2D eigenvalue weighted by Gasteiger charge is 2.26. The summed E-state index contributed by atoms with van der Waals surface area (Å²) in [6.45, 7) is 1.70. The molecule has 0 bridgehead atoms. The zero-order valence-corrected chi connectivity index (χ0v) is 19.8. The van der Waals surface area contributed by atoms with Gasteiger partial charge in [-0.1, -0.05) is 35.9 Å². The minimum atomic E-state index is -3.76. The maximum atomic E-state index is 14.2. The first-order valence-corrected chi connectivity index (χ1v) is 12.2. The van der Waals surface area contributed by atoms with Crippen molar-refractivity contribution in [3.63, 3.8) is 0 Å². The van der Waals surface area contributed by atoms with Gasteiger partial charge in [-0.3, -0.25) is 13.9 Å². The molecular formula is C22H27ClFN3O4S. The summed E-state index contributed by atoms with van der Waals surface area (Å²) in [6, 6.07) is 11.8. The average Bonchev–Trinajstić information content (AvgIpc) is 2.74. The lowest BCUT2D eigenvalue weighted by Gasteiger charge is -2.29. The van der Waals surface area contributed by atoms with E-state index in [1.807, 2.05) is 0 Å². The second-order valence-corrected chi connectivity index (χ2v) is 9.68. The molecule has 0 fully saturated rings. The van der Waals surface area contributed by atoms with Crippen LogP contribution in [0.4, 0.5) is 10.1 Å². The van der Waals surface area contributed by atoms with Crippen LogP contribution in [0.25, 0.3) is 0 Å². The average molecular weight is 484 g/mol. The first kappa shape index (κ1) is 25.6. The highest BCUT2D eigenvalue weighted by molar-refractivity contribution is 7.92. The van der Waals surface area contributed by atoms with Gasteiger partial charge in [0.05, 0.1) is 11.9 Å². The molecule has 0 aliphatic rings. The molecule has 0 saturated heterocycles. The van der Waals surface area contributed by atoms with E-state index in [1.165, 1.54) is 30.1 Å². The van der Waals surface area contributed by atoms with Gasteiger partial charge in [-0.25, -0.2) is 12.8 Å². The Morgan fingerprint density at radius 3 is 2.44 bits per heavy atom. The molecule has 0 aromatic heterocycles. The van der Waals surface area contributed by atoms with Gasteiger partial charge in [-0.05, 0) is 43.2 Å². The zero-order valence-electron chi connectivity index (χ0n) is 18.2. The van der Waals surface area contributed by atoms with E-state index in [1.54, 1.807) is 37.3 Å². The number of likely N-dealkylation sites (N-methyl/N-ethyl adjacent to an activating group) is 1.